The largest absolute Gasteiger partial charge is 0.495 e. The van der Waals surface area contributed by atoms with Gasteiger partial charge in [0.1, 0.15) is 5.75 Å². The van der Waals surface area contributed by atoms with Gasteiger partial charge in [0.2, 0.25) is 5.95 Å². The molecular weight excluding hydrogens is 378 g/mol. The number of carbonyl (C=O) groups excluding carboxylic acids is 1. The standard InChI is InChI=1S/C23H27N5O2/c1-3-15-5-4-6-17-14-25-23(28-21(15)17)27-19-8-7-16(13-20(19)30-2)22(29)26-18-9-11-24-12-10-18/h4-8,13-14,18,24H,3,9-12H2,1-2H3,(H,26,29)(H,25,27,28). The van der Waals surface area contributed by atoms with Gasteiger partial charge in [-0.2, -0.15) is 0 Å². The highest BCUT2D eigenvalue weighted by molar-refractivity contribution is 5.95. The van der Waals surface area contributed by atoms with Crippen LogP contribution in [0.3, 0.4) is 0 Å². The number of ether oxygens (including phenoxy) is 1. The van der Waals surface area contributed by atoms with Crippen molar-refractivity contribution in [2.45, 2.75) is 32.2 Å². The van der Waals surface area contributed by atoms with Crippen LogP contribution in [0.15, 0.2) is 42.6 Å². The summed E-state index contributed by atoms with van der Waals surface area (Å²) < 4.78 is 5.52. The van der Waals surface area contributed by atoms with E-state index in [9.17, 15) is 4.79 Å². The average molecular weight is 406 g/mol. The SMILES string of the molecule is CCc1cccc2cnc(Nc3ccc(C(=O)NC4CCNCC4)cc3OC)nc12. The second kappa shape index (κ2) is 9.09. The van der Waals surface area contributed by atoms with Crippen LogP contribution in [-0.2, 0) is 6.42 Å². The fourth-order valence-electron chi connectivity index (χ4n) is 3.75. The van der Waals surface area contributed by atoms with Gasteiger partial charge in [-0.25, -0.2) is 9.97 Å². The van der Waals surface area contributed by atoms with Crippen LogP contribution in [0, 0.1) is 0 Å². The molecule has 1 aliphatic heterocycles. The normalized spacial score (nSPS) is 14.5. The van der Waals surface area contributed by atoms with Gasteiger partial charge in [-0.05, 0) is 56.1 Å². The lowest BCUT2D eigenvalue weighted by atomic mass is 10.1. The number of benzene rings is 2. The van der Waals surface area contributed by atoms with Gasteiger partial charge in [-0.15, -0.1) is 0 Å². The number of rotatable bonds is 6. The van der Waals surface area contributed by atoms with Gasteiger partial charge in [0.15, 0.2) is 0 Å². The first-order chi connectivity index (χ1) is 14.7. The number of amides is 1. The first-order valence-electron chi connectivity index (χ1n) is 10.4. The summed E-state index contributed by atoms with van der Waals surface area (Å²) in [6, 6.07) is 11.7. The van der Waals surface area contributed by atoms with Crippen LogP contribution in [-0.4, -0.2) is 42.1 Å². The monoisotopic (exact) mass is 405 g/mol. The minimum atomic E-state index is -0.0821. The Kier molecular flexibility index (Phi) is 6.09. The number of carbonyl (C=O) groups is 1. The highest BCUT2D eigenvalue weighted by atomic mass is 16.5. The lowest BCUT2D eigenvalue weighted by Gasteiger charge is -2.23. The molecule has 156 valence electrons. The zero-order valence-electron chi connectivity index (χ0n) is 17.4. The van der Waals surface area contributed by atoms with Crippen LogP contribution < -0.4 is 20.7 Å². The molecule has 3 N–H and O–H groups in total. The molecule has 0 atom stereocenters. The maximum Gasteiger partial charge on any atom is 0.251 e. The molecule has 1 aliphatic rings. The van der Waals surface area contributed by atoms with Gasteiger partial charge in [0.05, 0.1) is 18.3 Å². The van der Waals surface area contributed by atoms with Crippen molar-refractivity contribution in [3.05, 3.63) is 53.7 Å². The molecule has 7 nitrogen and oxygen atoms in total. The Balaban J connectivity index is 1.54. The summed E-state index contributed by atoms with van der Waals surface area (Å²) in [7, 11) is 1.59. The van der Waals surface area contributed by atoms with Crippen LogP contribution in [0.25, 0.3) is 10.9 Å². The van der Waals surface area contributed by atoms with Crippen LogP contribution >= 0.6 is 0 Å². The average Bonchev–Trinajstić information content (AvgIpc) is 2.79. The lowest BCUT2D eigenvalue weighted by molar-refractivity contribution is 0.0929. The number of methoxy groups -OCH3 is 1. The first kappa shape index (κ1) is 20.1. The van der Waals surface area contributed by atoms with Gasteiger partial charge in [-0.3, -0.25) is 4.79 Å². The molecule has 0 spiro atoms. The molecule has 0 unspecified atom stereocenters. The van der Waals surface area contributed by atoms with E-state index in [1.807, 2.05) is 24.4 Å². The number of anilines is 2. The van der Waals surface area contributed by atoms with E-state index < -0.39 is 0 Å². The second-order valence-electron chi connectivity index (χ2n) is 7.44. The van der Waals surface area contributed by atoms with E-state index in [1.165, 1.54) is 5.56 Å². The third-order valence-corrected chi connectivity index (χ3v) is 5.46. The van der Waals surface area contributed by atoms with Crippen molar-refractivity contribution in [2.24, 2.45) is 0 Å². The first-order valence-corrected chi connectivity index (χ1v) is 10.4. The highest BCUT2D eigenvalue weighted by Crippen LogP contribution is 2.28. The van der Waals surface area contributed by atoms with Gasteiger partial charge in [0, 0.05) is 23.2 Å². The molecular formula is C23H27N5O2. The molecule has 1 saturated heterocycles. The number of aryl methyl sites for hydroxylation is 1. The van der Waals surface area contributed by atoms with Crippen molar-refractivity contribution >= 4 is 28.4 Å². The smallest absolute Gasteiger partial charge is 0.251 e. The van der Waals surface area contributed by atoms with E-state index >= 15 is 0 Å². The maximum atomic E-state index is 12.6. The number of aromatic nitrogens is 2. The zero-order valence-corrected chi connectivity index (χ0v) is 17.4. The summed E-state index contributed by atoms with van der Waals surface area (Å²) in [4.78, 5) is 21.7. The Morgan fingerprint density at radius 1 is 1.23 bits per heavy atom. The second-order valence-corrected chi connectivity index (χ2v) is 7.44. The third kappa shape index (κ3) is 4.36. The number of nitrogens with zero attached hydrogens (tertiary/aromatic N) is 2. The Bertz CT molecular complexity index is 1050. The highest BCUT2D eigenvalue weighted by Gasteiger charge is 2.18. The summed E-state index contributed by atoms with van der Waals surface area (Å²) in [5.41, 5.74) is 3.40. The van der Waals surface area contributed by atoms with Gasteiger partial charge in [-0.1, -0.05) is 25.1 Å². The molecule has 0 bridgehead atoms. The third-order valence-electron chi connectivity index (χ3n) is 5.46. The summed E-state index contributed by atoms with van der Waals surface area (Å²) in [5.74, 6) is 0.982. The van der Waals surface area contributed by atoms with Crippen molar-refractivity contribution in [1.29, 1.82) is 0 Å². The molecule has 2 aromatic carbocycles. The minimum absolute atomic E-state index is 0.0821. The molecule has 0 saturated carbocycles. The molecule has 1 amide bonds. The number of hydrogen-bond donors (Lipinski definition) is 3. The fourth-order valence-corrected chi connectivity index (χ4v) is 3.75. The molecule has 7 heteroatoms. The maximum absolute atomic E-state index is 12.6. The molecule has 4 rings (SSSR count). The molecule has 0 aliphatic carbocycles. The predicted molar refractivity (Wildman–Crippen MR) is 119 cm³/mol. The molecule has 2 heterocycles. The summed E-state index contributed by atoms with van der Waals surface area (Å²) in [5, 5.41) is 10.7. The Labute approximate surface area is 176 Å². The molecule has 0 radical (unpaired) electrons. The quantitative estimate of drug-likeness (QED) is 0.582. The Morgan fingerprint density at radius 3 is 2.83 bits per heavy atom. The van der Waals surface area contributed by atoms with E-state index in [0.717, 1.165) is 43.3 Å². The van der Waals surface area contributed by atoms with Crippen LogP contribution in [0.5, 0.6) is 5.75 Å². The summed E-state index contributed by atoms with van der Waals surface area (Å²) >= 11 is 0. The van der Waals surface area contributed by atoms with Crippen molar-refractivity contribution < 1.29 is 9.53 Å². The van der Waals surface area contributed by atoms with Crippen molar-refractivity contribution in [1.82, 2.24) is 20.6 Å². The van der Waals surface area contributed by atoms with Gasteiger partial charge in [0.25, 0.3) is 5.91 Å². The fraction of sp³-hybridized carbons (Fsp3) is 0.348. The van der Waals surface area contributed by atoms with E-state index in [2.05, 4.69) is 38.9 Å². The zero-order chi connectivity index (χ0) is 20.9. The minimum Gasteiger partial charge on any atom is -0.495 e. The van der Waals surface area contributed by atoms with Crippen LogP contribution in [0.4, 0.5) is 11.6 Å². The predicted octanol–water partition coefficient (Wildman–Crippen LogP) is 3.43. The number of fused-ring (bicyclic) bond motifs is 1. The summed E-state index contributed by atoms with van der Waals surface area (Å²) in [6.45, 7) is 3.98. The van der Waals surface area contributed by atoms with Gasteiger partial charge >= 0.3 is 0 Å². The van der Waals surface area contributed by atoms with Crippen molar-refractivity contribution in [3.63, 3.8) is 0 Å². The molecule has 1 fully saturated rings. The Morgan fingerprint density at radius 2 is 2.07 bits per heavy atom. The van der Waals surface area contributed by atoms with Gasteiger partial charge < -0.3 is 20.7 Å². The van der Waals surface area contributed by atoms with E-state index in [0.29, 0.717) is 22.9 Å². The van der Waals surface area contributed by atoms with E-state index in [-0.39, 0.29) is 11.9 Å². The van der Waals surface area contributed by atoms with Crippen molar-refractivity contribution in [2.75, 3.05) is 25.5 Å². The molecule has 30 heavy (non-hydrogen) atoms. The Hall–Kier alpha value is -3.19. The number of hydrogen-bond acceptors (Lipinski definition) is 6. The number of piperidine rings is 1. The number of nitrogens with one attached hydrogen (secondary N) is 3. The molecule has 1 aromatic heterocycles. The van der Waals surface area contributed by atoms with Crippen LogP contribution in [0.1, 0.15) is 35.7 Å². The van der Waals surface area contributed by atoms with E-state index in [1.54, 1.807) is 19.2 Å². The molecule has 3 aromatic rings. The van der Waals surface area contributed by atoms with Crippen molar-refractivity contribution in [3.8, 4) is 5.75 Å². The number of para-hydroxylation sites is 1. The van der Waals surface area contributed by atoms with E-state index in [4.69, 9.17) is 4.74 Å². The topological polar surface area (TPSA) is 88.2 Å². The lowest BCUT2D eigenvalue weighted by Crippen LogP contribution is -2.42. The summed E-state index contributed by atoms with van der Waals surface area (Å²) in [6.07, 6.45) is 4.61. The van der Waals surface area contributed by atoms with Crippen LogP contribution in [0.2, 0.25) is 0 Å².